The molecule has 2 rings (SSSR count). The van der Waals surface area contributed by atoms with Crippen molar-refractivity contribution in [3.05, 3.63) is 28.7 Å². The molecule has 1 heterocycles. The Hall–Kier alpha value is -2.48. The van der Waals surface area contributed by atoms with E-state index in [1.807, 2.05) is 13.8 Å². The zero-order chi connectivity index (χ0) is 18.4. The normalized spacial score (nSPS) is 15.6. The van der Waals surface area contributed by atoms with Gasteiger partial charge in [0.1, 0.15) is 6.54 Å². The summed E-state index contributed by atoms with van der Waals surface area (Å²) in [5.41, 5.74) is 0.690. The van der Waals surface area contributed by atoms with Crippen LogP contribution in [0.25, 0.3) is 6.08 Å². The Morgan fingerprint density at radius 2 is 1.84 bits per heavy atom. The summed E-state index contributed by atoms with van der Waals surface area (Å²) in [7, 11) is 1.20. The van der Waals surface area contributed by atoms with Crippen LogP contribution in [0, 0.1) is 0 Å². The third-order valence-electron chi connectivity index (χ3n) is 3.25. The Labute approximate surface area is 149 Å². The molecule has 0 saturated carbocycles. The molecule has 0 N–H and O–H groups in total. The summed E-state index contributed by atoms with van der Waals surface area (Å²) in [5, 5.41) is -0.502. The van der Waals surface area contributed by atoms with Gasteiger partial charge in [-0.3, -0.25) is 19.3 Å². The summed E-state index contributed by atoms with van der Waals surface area (Å²) in [5.74, 6) is 0.00248. The maximum atomic E-state index is 12.3. The van der Waals surface area contributed by atoms with Crippen LogP contribution in [0.4, 0.5) is 4.79 Å². The Morgan fingerprint density at radius 3 is 2.48 bits per heavy atom. The quantitative estimate of drug-likeness (QED) is 0.543. The van der Waals surface area contributed by atoms with E-state index in [1.165, 1.54) is 7.11 Å². The number of carbonyl (C=O) groups excluding carboxylic acids is 3. The molecule has 0 aromatic heterocycles. The minimum absolute atomic E-state index is 0.237. The van der Waals surface area contributed by atoms with Crippen molar-refractivity contribution in [3.8, 4) is 11.5 Å². The number of amides is 2. The fourth-order valence-corrected chi connectivity index (χ4v) is 2.98. The molecule has 8 heteroatoms. The summed E-state index contributed by atoms with van der Waals surface area (Å²) in [4.78, 5) is 36.6. The maximum Gasteiger partial charge on any atom is 0.325 e. The zero-order valence-electron chi connectivity index (χ0n) is 14.2. The highest BCUT2D eigenvalue weighted by Crippen LogP contribution is 2.34. The summed E-state index contributed by atoms with van der Waals surface area (Å²) in [6.45, 7) is 4.32. The van der Waals surface area contributed by atoms with Gasteiger partial charge in [0.2, 0.25) is 0 Å². The molecule has 1 saturated heterocycles. The van der Waals surface area contributed by atoms with Crippen LogP contribution in [-0.2, 0) is 14.3 Å². The maximum absolute atomic E-state index is 12.3. The van der Waals surface area contributed by atoms with Crippen molar-refractivity contribution in [3.63, 3.8) is 0 Å². The van der Waals surface area contributed by atoms with Crippen molar-refractivity contribution in [1.82, 2.24) is 4.90 Å². The molecule has 1 fully saturated rings. The largest absolute Gasteiger partial charge is 0.490 e. The molecule has 25 heavy (non-hydrogen) atoms. The van der Waals surface area contributed by atoms with E-state index in [9.17, 15) is 14.4 Å². The number of hydrogen-bond donors (Lipinski definition) is 0. The first-order chi connectivity index (χ1) is 12.0. The van der Waals surface area contributed by atoms with Crippen molar-refractivity contribution in [1.29, 1.82) is 0 Å². The molecule has 0 spiro atoms. The summed E-state index contributed by atoms with van der Waals surface area (Å²) in [6, 6.07) is 5.25. The average Bonchev–Trinajstić information content (AvgIpc) is 2.85. The van der Waals surface area contributed by atoms with Crippen LogP contribution in [0.5, 0.6) is 11.5 Å². The van der Waals surface area contributed by atoms with Crippen molar-refractivity contribution < 1.29 is 28.6 Å². The van der Waals surface area contributed by atoms with E-state index in [4.69, 9.17) is 9.47 Å². The lowest BCUT2D eigenvalue weighted by Crippen LogP contribution is -2.34. The van der Waals surface area contributed by atoms with Crippen molar-refractivity contribution in [2.24, 2.45) is 0 Å². The van der Waals surface area contributed by atoms with Gasteiger partial charge in [0.05, 0.1) is 25.2 Å². The van der Waals surface area contributed by atoms with E-state index in [0.717, 1.165) is 16.7 Å². The number of ether oxygens (including phenoxy) is 3. The van der Waals surface area contributed by atoms with Gasteiger partial charge in [-0.1, -0.05) is 6.07 Å². The molecule has 0 atom stereocenters. The molecule has 2 amide bonds. The minimum atomic E-state index is -0.650. The molecule has 1 aliphatic heterocycles. The Morgan fingerprint density at radius 1 is 1.16 bits per heavy atom. The molecule has 7 nitrogen and oxygen atoms in total. The fraction of sp³-hybridized carbons (Fsp3) is 0.353. The van der Waals surface area contributed by atoms with Gasteiger partial charge >= 0.3 is 5.97 Å². The Bertz CT molecular complexity index is 715. The molecular formula is C17H19NO6S. The minimum Gasteiger partial charge on any atom is -0.490 e. The van der Waals surface area contributed by atoms with Crippen LogP contribution >= 0.6 is 11.8 Å². The number of thioether (sulfide) groups is 1. The summed E-state index contributed by atoms with van der Waals surface area (Å²) >= 11 is 0.781. The number of benzene rings is 1. The lowest BCUT2D eigenvalue weighted by molar-refractivity contribution is -0.143. The van der Waals surface area contributed by atoms with Gasteiger partial charge < -0.3 is 14.2 Å². The summed E-state index contributed by atoms with van der Waals surface area (Å²) in [6.07, 6.45) is 1.58. The van der Waals surface area contributed by atoms with E-state index in [-0.39, 0.29) is 4.91 Å². The molecule has 134 valence electrons. The van der Waals surface area contributed by atoms with Crippen LogP contribution in [-0.4, -0.2) is 48.9 Å². The molecule has 1 aromatic rings. The lowest BCUT2D eigenvalue weighted by Gasteiger charge is -2.11. The number of nitrogens with zero attached hydrogens (tertiary/aromatic N) is 1. The average molecular weight is 365 g/mol. The molecule has 0 unspecified atom stereocenters. The van der Waals surface area contributed by atoms with Gasteiger partial charge in [0.25, 0.3) is 11.1 Å². The monoisotopic (exact) mass is 365 g/mol. The van der Waals surface area contributed by atoms with E-state index in [1.54, 1.807) is 24.3 Å². The second-order valence-corrected chi connectivity index (χ2v) is 5.91. The predicted molar refractivity (Wildman–Crippen MR) is 93.5 cm³/mol. The number of methoxy groups -OCH3 is 1. The summed E-state index contributed by atoms with van der Waals surface area (Å²) < 4.78 is 15.5. The van der Waals surface area contributed by atoms with Gasteiger partial charge in [-0.05, 0) is 49.4 Å². The molecule has 0 aliphatic carbocycles. The van der Waals surface area contributed by atoms with Gasteiger partial charge in [0.15, 0.2) is 11.5 Å². The second-order valence-electron chi connectivity index (χ2n) is 4.92. The molecule has 1 aromatic carbocycles. The third kappa shape index (κ3) is 4.54. The Kier molecular flexibility index (Phi) is 6.46. The Balaban J connectivity index is 2.25. The highest BCUT2D eigenvalue weighted by molar-refractivity contribution is 8.18. The highest BCUT2D eigenvalue weighted by atomic mass is 32.2. The van der Waals surface area contributed by atoms with Gasteiger partial charge in [0, 0.05) is 0 Å². The van der Waals surface area contributed by atoms with E-state index in [2.05, 4.69) is 4.74 Å². The number of carbonyl (C=O) groups is 3. The number of esters is 1. The standard InChI is InChI=1S/C17H19NO6S/c1-4-23-12-7-6-11(8-13(12)24-5-2)9-14-16(20)18(17(21)25-14)10-15(19)22-3/h6-9H,4-5,10H2,1-3H3/b14-9+. The van der Waals surface area contributed by atoms with E-state index < -0.39 is 23.7 Å². The zero-order valence-corrected chi connectivity index (χ0v) is 15.1. The van der Waals surface area contributed by atoms with Crippen LogP contribution < -0.4 is 9.47 Å². The van der Waals surface area contributed by atoms with Gasteiger partial charge in [-0.15, -0.1) is 0 Å². The van der Waals surface area contributed by atoms with Crippen molar-refractivity contribution in [2.75, 3.05) is 26.9 Å². The topological polar surface area (TPSA) is 82.1 Å². The SMILES string of the molecule is CCOc1ccc(/C=C2/SC(=O)N(CC(=O)OC)C2=O)cc1OCC. The molecule has 0 bridgehead atoms. The van der Waals surface area contributed by atoms with Crippen LogP contribution in [0.2, 0.25) is 0 Å². The first kappa shape index (κ1) is 18.9. The highest BCUT2D eigenvalue weighted by Gasteiger charge is 2.36. The second kappa shape index (κ2) is 8.57. The number of hydrogen-bond acceptors (Lipinski definition) is 7. The van der Waals surface area contributed by atoms with Crippen LogP contribution in [0.1, 0.15) is 19.4 Å². The third-order valence-corrected chi connectivity index (χ3v) is 4.16. The van der Waals surface area contributed by atoms with E-state index in [0.29, 0.717) is 30.3 Å². The first-order valence-corrected chi connectivity index (χ1v) is 8.53. The van der Waals surface area contributed by atoms with Gasteiger partial charge in [-0.25, -0.2) is 0 Å². The fourth-order valence-electron chi connectivity index (χ4n) is 2.14. The molecule has 0 radical (unpaired) electrons. The van der Waals surface area contributed by atoms with Crippen molar-refractivity contribution >= 4 is 35.0 Å². The van der Waals surface area contributed by atoms with Crippen molar-refractivity contribution in [2.45, 2.75) is 13.8 Å². The number of imide groups is 1. The molecule has 1 aliphatic rings. The lowest BCUT2D eigenvalue weighted by atomic mass is 10.2. The van der Waals surface area contributed by atoms with Gasteiger partial charge in [-0.2, -0.15) is 0 Å². The number of rotatable bonds is 7. The smallest absolute Gasteiger partial charge is 0.325 e. The predicted octanol–water partition coefficient (Wildman–Crippen LogP) is 2.69. The van der Waals surface area contributed by atoms with Crippen LogP contribution in [0.3, 0.4) is 0 Å². The molecular weight excluding hydrogens is 346 g/mol. The first-order valence-electron chi connectivity index (χ1n) is 7.72. The van der Waals surface area contributed by atoms with Crippen LogP contribution in [0.15, 0.2) is 23.1 Å². The van der Waals surface area contributed by atoms with E-state index >= 15 is 0 Å².